The molecule has 1 aliphatic carbocycles. The third kappa shape index (κ3) is 3.10. The Morgan fingerprint density at radius 3 is 2.86 bits per heavy atom. The predicted molar refractivity (Wildman–Crippen MR) is 78.7 cm³/mol. The maximum atomic E-state index is 5.18. The molecule has 1 saturated carbocycles. The van der Waals surface area contributed by atoms with Crippen molar-refractivity contribution in [2.24, 2.45) is 0 Å². The first-order valence-electron chi connectivity index (χ1n) is 7.01. The molecule has 0 aromatic carbocycles. The maximum Gasteiger partial charge on any atom is 0.257 e. The topological polar surface area (TPSA) is 81.0 Å². The van der Waals surface area contributed by atoms with Gasteiger partial charge in [0.05, 0.1) is 6.61 Å². The zero-order valence-electron chi connectivity index (χ0n) is 12.2. The van der Waals surface area contributed by atoms with Crippen LogP contribution in [0.2, 0.25) is 0 Å². The van der Waals surface area contributed by atoms with Crippen LogP contribution in [0.3, 0.4) is 0 Å². The van der Waals surface area contributed by atoms with E-state index in [0.29, 0.717) is 30.5 Å². The highest BCUT2D eigenvalue weighted by molar-refractivity contribution is 5.41. The molecule has 3 rings (SSSR count). The molecule has 21 heavy (non-hydrogen) atoms. The monoisotopic (exact) mass is 289 g/mol. The summed E-state index contributed by atoms with van der Waals surface area (Å²) in [5.41, 5.74) is 0. The first-order chi connectivity index (χ1) is 10.3. The van der Waals surface area contributed by atoms with Crippen molar-refractivity contribution in [3.63, 3.8) is 0 Å². The summed E-state index contributed by atoms with van der Waals surface area (Å²) in [5.74, 6) is 1.71. The van der Waals surface area contributed by atoms with E-state index in [1.165, 1.54) is 12.8 Å². The van der Waals surface area contributed by atoms with Gasteiger partial charge in [0.2, 0.25) is 11.9 Å². The van der Waals surface area contributed by atoms with Gasteiger partial charge in [-0.3, -0.25) is 0 Å². The Morgan fingerprint density at radius 1 is 1.38 bits per heavy atom. The van der Waals surface area contributed by atoms with Crippen molar-refractivity contribution < 1.29 is 4.74 Å². The first kappa shape index (κ1) is 13.7. The molecule has 1 aliphatic rings. The Morgan fingerprint density at radius 2 is 2.24 bits per heavy atom. The Kier molecular flexibility index (Phi) is 3.96. The minimum atomic E-state index is 0.498. The van der Waals surface area contributed by atoms with Gasteiger partial charge in [0, 0.05) is 39.1 Å². The van der Waals surface area contributed by atoms with Crippen LogP contribution in [-0.2, 0) is 4.74 Å². The van der Waals surface area contributed by atoms with Crippen molar-refractivity contribution in [3.8, 4) is 5.95 Å². The van der Waals surface area contributed by atoms with E-state index in [0.717, 1.165) is 6.54 Å². The molecule has 1 fully saturated rings. The SMILES string of the molecule is CNc1nc(N(CCOC)C2CC2)nc(-n2cccn2)n1. The fourth-order valence-corrected chi connectivity index (χ4v) is 2.11. The molecule has 8 heteroatoms. The predicted octanol–water partition coefficient (Wildman–Crippen LogP) is 0.714. The van der Waals surface area contributed by atoms with Crippen LogP contribution in [0.25, 0.3) is 5.95 Å². The lowest BCUT2D eigenvalue weighted by Crippen LogP contribution is -2.31. The lowest BCUT2D eigenvalue weighted by atomic mass is 10.5. The molecular weight excluding hydrogens is 270 g/mol. The van der Waals surface area contributed by atoms with Gasteiger partial charge in [-0.05, 0) is 18.9 Å². The molecule has 0 spiro atoms. The largest absolute Gasteiger partial charge is 0.383 e. The normalized spacial score (nSPS) is 14.2. The molecule has 1 N–H and O–H groups in total. The van der Waals surface area contributed by atoms with Gasteiger partial charge in [-0.2, -0.15) is 20.1 Å². The lowest BCUT2D eigenvalue weighted by Gasteiger charge is -2.22. The molecule has 0 unspecified atom stereocenters. The highest BCUT2D eigenvalue weighted by atomic mass is 16.5. The van der Waals surface area contributed by atoms with Crippen molar-refractivity contribution >= 4 is 11.9 Å². The van der Waals surface area contributed by atoms with Crippen LogP contribution in [0.5, 0.6) is 0 Å². The summed E-state index contributed by atoms with van der Waals surface area (Å²) in [7, 11) is 3.50. The number of nitrogens with zero attached hydrogens (tertiary/aromatic N) is 6. The molecule has 8 nitrogen and oxygen atoms in total. The minimum absolute atomic E-state index is 0.498. The van der Waals surface area contributed by atoms with Gasteiger partial charge in [-0.25, -0.2) is 4.68 Å². The number of hydrogen-bond acceptors (Lipinski definition) is 7. The molecule has 0 bridgehead atoms. The Hall–Kier alpha value is -2.22. The average molecular weight is 289 g/mol. The van der Waals surface area contributed by atoms with Gasteiger partial charge in [-0.15, -0.1) is 0 Å². The average Bonchev–Trinajstić information content (AvgIpc) is 3.20. The molecule has 0 amide bonds. The molecule has 0 radical (unpaired) electrons. The summed E-state index contributed by atoms with van der Waals surface area (Å²) in [4.78, 5) is 15.5. The van der Waals surface area contributed by atoms with E-state index >= 15 is 0 Å². The number of rotatable bonds is 7. The Labute approximate surface area is 123 Å². The molecule has 2 heterocycles. The van der Waals surface area contributed by atoms with E-state index in [9.17, 15) is 0 Å². The van der Waals surface area contributed by atoms with Crippen molar-refractivity contribution in [1.82, 2.24) is 24.7 Å². The van der Waals surface area contributed by atoms with Crippen LogP contribution >= 0.6 is 0 Å². The lowest BCUT2D eigenvalue weighted by molar-refractivity contribution is 0.204. The van der Waals surface area contributed by atoms with E-state index in [1.807, 2.05) is 12.3 Å². The molecule has 0 saturated heterocycles. The summed E-state index contributed by atoms with van der Waals surface area (Å²) in [5, 5.41) is 7.16. The van der Waals surface area contributed by atoms with Crippen LogP contribution < -0.4 is 10.2 Å². The van der Waals surface area contributed by atoms with Gasteiger partial charge in [0.1, 0.15) is 0 Å². The smallest absolute Gasteiger partial charge is 0.257 e. The summed E-state index contributed by atoms with van der Waals surface area (Å²) in [6, 6.07) is 2.34. The van der Waals surface area contributed by atoms with E-state index < -0.39 is 0 Å². The molecule has 112 valence electrons. The fourth-order valence-electron chi connectivity index (χ4n) is 2.11. The third-order valence-electron chi connectivity index (χ3n) is 3.33. The van der Waals surface area contributed by atoms with Crippen molar-refractivity contribution in [2.45, 2.75) is 18.9 Å². The zero-order valence-corrected chi connectivity index (χ0v) is 12.2. The number of nitrogens with one attached hydrogen (secondary N) is 1. The van der Waals surface area contributed by atoms with Crippen LogP contribution in [0.15, 0.2) is 18.5 Å². The van der Waals surface area contributed by atoms with Crippen molar-refractivity contribution in [2.75, 3.05) is 37.5 Å². The first-order valence-corrected chi connectivity index (χ1v) is 7.01. The molecule has 2 aromatic heterocycles. The van der Waals surface area contributed by atoms with Gasteiger partial charge in [-0.1, -0.05) is 0 Å². The van der Waals surface area contributed by atoms with E-state index in [2.05, 4.69) is 30.3 Å². The second kappa shape index (κ2) is 6.04. The highest BCUT2D eigenvalue weighted by Gasteiger charge is 2.31. The standard InChI is InChI=1S/C13H19N7O/c1-14-11-16-12(19(8-9-21-2)10-4-5-10)18-13(17-11)20-7-3-6-15-20/h3,6-7,10H,4-5,8-9H2,1-2H3,(H,14,16,17,18). The van der Waals surface area contributed by atoms with Gasteiger partial charge in [0.15, 0.2) is 0 Å². The van der Waals surface area contributed by atoms with Crippen LogP contribution in [0.1, 0.15) is 12.8 Å². The van der Waals surface area contributed by atoms with Gasteiger partial charge >= 0.3 is 0 Å². The zero-order chi connectivity index (χ0) is 14.7. The van der Waals surface area contributed by atoms with E-state index in [4.69, 9.17) is 4.74 Å². The maximum absolute atomic E-state index is 5.18. The summed E-state index contributed by atoms with van der Waals surface area (Å²) in [6.45, 7) is 1.42. The summed E-state index contributed by atoms with van der Waals surface area (Å²) in [6.07, 6.45) is 5.85. The summed E-state index contributed by atoms with van der Waals surface area (Å²) < 4.78 is 6.82. The second-order valence-electron chi connectivity index (χ2n) is 4.88. The molecule has 0 aliphatic heterocycles. The molecule has 0 atom stereocenters. The number of anilines is 2. The highest BCUT2D eigenvalue weighted by Crippen LogP contribution is 2.30. The summed E-state index contributed by atoms with van der Waals surface area (Å²) >= 11 is 0. The number of hydrogen-bond donors (Lipinski definition) is 1. The fraction of sp³-hybridized carbons (Fsp3) is 0.538. The quantitative estimate of drug-likeness (QED) is 0.804. The van der Waals surface area contributed by atoms with Gasteiger partial charge < -0.3 is 15.0 Å². The van der Waals surface area contributed by atoms with E-state index in [1.54, 1.807) is 25.0 Å². The van der Waals surface area contributed by atoms with Crippen molar-refractivity contribution in [3.05, 3.63) is 18.5 Å². The number of ether oxygens (including phenoxy) is 1. The second-order valence-corrected chi connectivity index (χ2v) is 4.88. The van der Waals surface area contributed by atoms with Gasteiger partial charge in [0.25, 0.3) is 5.95 Å². The Bertz CT molecular complexity index is 582. The van der Waals surface area contributed by atoms with Crippen molar-refractivity contribution in [1.29, 1.82) is 0 Å². The van der Waals surface area contributed by atoms with E-state index in [-0.39, 0.29) is 0 Å². The van der Waals surface area contributed by atoms with Crippen LogP contribution in [-0.4, -0.2) is 58.1 Å². The molecular formula is C13H19N7O. The Balaban J connectivity index is 1.94. The minimum Gasteiger partial charge on any atom is -0.383 e. The third-order valence-corrected chi connectivity index (χ3v) is 3.33. The van der Waals surface area contributed by atoms with Crippen LogP contribution in [0.4, 0.5) is 11.9 Å². The van der Waals surface area contributed by atoms with Crippen LogP contribution in [0, 0.1) is 0 Å². The molecule has 2 aromatic rings. The number of aromatic nitrogens is 5. The number of methoxy groups -OCH3 is 1.